The van der Waals surface area contributed by atoms with Crippen molar-refractivity contribution in [2.24, 2.45) is 11.7 Å². The van der Waals surface area contributed by atoms with Crippen LogP contribution >= 0.6 is 11.6 Å². The fourth-order valence-electron chi connectivity index (χ4n) is 2.24. The van der Waals surface area contributed by atoms with Gasteiger partial charge >= 0.3 is 0 Å². The van der Waals surface area contributed by atoms with Crippen molar-refractivity contribution < 1.29 is 14.7 Å². The van der Waals surface area contributed by atoms with Gasteiger partial charge in [-0.15, -0.1) is 0 Å². The fraction of sp³-hybridized carbons (Fsp3) is 0.385. The molecule has 1 aliphatic heterocycles. The molecule has 1 aromatic rings. The quantitative estimate of drug-likeness (QED) is 0.859. The number of nitrogens with zero attached hydrogens (tertiary/aromatic N) is 1. The maximum absolute atomic E-state index is 12.3. The minimum Gasteiger partial charge on any atom is -0.507 e. The summed E-state index contributed by atoms with van der Waals surface area (Å²) in [5.41, 5.74) is 5.43. The van der Waals surface area contributed by atoms with Gasteiger partial charge in [-0.25, -0.2) is 0 Å². The number of amides is 2. The van der Waals surface area contributed by atoms with E-state index >= 15 is 0 Å². The number of carbonyl (C=O) groups is 2. The maximum Gasteiger partial charge on any atom is 0.257 e. The molecule has 2 amide bonds. The molecule has 1 heterocycles. The molecule has 1 saturated heterocycles. The smallest absolute Gasteiger partial charge is 0.257 e. The van der Waals surface area contributed by atoms with E-state index in [9.17, 15) is 14.7 Å². The lowest BCUT2D eigenvalue weighted by molar-refractivity contribution is -0.123. The van der Waals surface area contributed by atoms with Crippen LogP contribution in [0.2, 0.25) is 5.02 Å². The average molecular weight is 283 g/mol. The fourth-order valence-corrected chi connectivity index (χ4v) is 2.42. The van der Waals surface area contributed by atoms with Gasteiger partial charge < -0.3 is 15.7 Å². The molecule has 0 saturated carbocycles. The van der Waals surface area contributed by atoms with Crippen molar-refractivity contribution in [1.29, 1.82) is 0 Å². The minimum atomic E-state index is -0.396. The Morgan fingerprint density at radius 1 is 1.42 bits per heavy atom. The summed E-state index contributed by atoms with van der Waals surface area (Å²) >= 11 is 5.82. The Morgan fingerprint density at radius 2 is 2.16 bits per heavy atom. The summed E-state index contributed by atoms with van der Waals surface area (Å²) in [5, 5.41) is 10.1. The first kappa shape index (κ1) is 13.7. The van der Waals surface area contributed by atoms with Crippen molar-refractivity contribution in [2.75, 3.05) is 13.1 Å². The van der Waals surface area contributed by atoms with Crippen LogP contribution in [-0.4, -0.2) is 34.9 Å². The van der Waals surface area contributed by atoms with Gasteiger partial charge in [0.15, 0.2) is 0 Å². The number of benzene rings is 1. The van der Waals surface area contributed by atoms with E-state index in [1.807, 2.05) is 0 Å². The number of phenolic OH excluding ortho intramolecular Hbond substituents is 1. The lowest BCUT2D eigenvalue weighted by Gasteiger charge is -2.31. The average Bonchev–Trinajstić information content (AvgIpc) is 2.41. The Bertz CT molecular complexity index is 519. The summed E-state index contributed by atoms with van der Waals surface area (Å²) in [5.74, 6) is -1.16. The van der Waals surface area contributed by atoms with E-state index in [4.69, 9.17) is 17.3 Å². The first-order valence-electron chi connectivity index (χ1n) is 6.06. The van der Waals surface area contributed by atoms with Gasteiger partial charge in [0.2, 0.25) is 5.91 Å². The van der Waals surface area contributed by atoms with Crippen LogP contribution in [-0.2, 0) is 4.79 Å². The highest BCUT2D eigenvalue weighted by atomic mass is 35.5. The third kappa shape index (κ3) is 2.98. The highest BCUT2D eigenvalue weighted by Crippen LogP contribution is 2.25. The van der Waals surface area contributed by atoms with Crippen LogP contribution in [0.5, 0.6) is 5.75 Å². The Labute approximate surface area is 116 Å². The van der Waals surface area contributed by atoms with E-state index in [0.717, 1.165) is 6.42 Å². The molecule has 0 aromatic heterocycles. The molecule has 5 nitrogen and oxygen atoms in total. The topological polar surface area (TPSA) is 83.6 Å². The number of piperidine rings is 1. The Balaban J connectivity index is 2.19. The van der Waals surface area contributed by atoms with Crippen molar-refractivity contribution in [1.82, 2.24) is 4.90 Å². The first-order chi connectivity index (χ1) is 8.99. The molecule has 1 aromatic carbocycles. The zero-order valence-electron chi connectivity index (χ0n) is 10.3. The van der Waals surface area contributed by atoms with Crippen LogP contribution in [0.3, 0.4) is 0 Å². The molecule has 19 heavy (non-hydrogen) atoms. The van der Waals surface area contributed by atoms with Crippen molar-refractivity contribution in [3.63, 3.8) is 0 Å². The zero-order chi connectivity index (χ0) is 14.0. The second-order valence-electron chi connectivity index (χ2n) is 4.65. The monoisotopic (exact) mass is 282 g/mol. The summed E-state index contributed by atoms with van der Waals surface area (Å²) in [6.07, 6.45) is 1.42. The number of halogens is 1. The number of primary amides is 1. The van der Waals surface area contributed by atoms with E-state index in [1.54, 1.807) is 0 Å². The van der Waals surface area contributed by atoms with Gasteiger partial charge in [0.1, 0.15) is 5.75 Å². The molecule has 0 spiro atoms. The van der Waals surface area contributed by atoms with Crippen LogP contribution in [0.25, 0.3) is 0 Å². The van der Waals surface area contributed by atoms with E-state index in [0.29, 0.717) is 24.5 Å². The lowest BCUT2D eigenvalue weighted by atomic mass is 9.97. The largest absolute Gasteiger partial charge is 0.507 e. The van der Waals surface area contributed by atoms with Crippen molar-refractivity contribution in [3.05, 3.63) is 28.8 Å². The third-order valence-corrected chi connectivity index (χ3v) is 3.54. The molecular formula is C13H15ClN2O3. The summed E-state index contributed by atoms with van der Waals surface area (Å²) in [6, 6.07) is 4.31. The number of likely N-dealkylation sites (tertiary alicyclic amines) is 1. The van der Waals surface area contributed by atoms with E-state index in [1.165, 1.54) is 23.1 Å². The van der Waals surface area contributed by atoms with Gasteiger partial charge in [-0.1, -0.05) is 11.6 Å². The Hall–Kier alpha value is -1.75. The van der Waals surface area contributed by atoms with Crippen LogP contribution in [0.1, 0.15) is 23.2 Å². The van der Waals surface area contributed by atoms with Gasteiger partial charge in [0.05, 0.1) is 11.5 Å². The van der Waals surface area contributed by atoms with E-state index in [2.05, 4.69) is 0 Å². The molecule has 2 rings (SSSR count). The number of hydrogen-bond acceptors (Lipinski definition) is 3. The molecule has 0 radical (unpaired) electrons. The Morgan fingerprint density at radius 3 is 2.84 bits per heavy atom. The molecule has 1 atom stereocenters. The van der Waals surface area contributed by atoms with E-state index in [-0.39, 0.29) is 23.1 Å². The van der Waals surface area contributed by atoms with Crippen molar-refractivity contribution in [2.45, 2.75) is 12.8 Å². The zero-order valence-corrected chi connectivity index (χ0v) is 11.1. The predicted octanol–water partition coefficient (Wildman–Crippen LogP) is 1.38. The number of nitrogens with two attached hydrogens (primary N) is 1. The lowest BCUT2D eigenvalue weighted by Crippen LogP contribution is -2.44. The molecule has 3 N–H and O–H groups in total. The first-order valence-corrected chi connectivity index (χ1v) is 6.44. The van der Waals surface area contributed by atoms with Crippen LogP contribution in [0.15, 0.2) is 18.2 Å². The summed E-state index contributed by atoms with van der Waals surface area (Å²) in [6.45, 7) is 0.842. The predicted molar refractivity (Wildman–Crippen MR) is 70.9 cm³/mol. The number of aromatic hydroxyl groups is 1. The Kier molecular flexibility index (Phi) is 3.95. The van der Waals surface area contributed by atoms with Gasteiger partial charge in [0.25, 0.3) is 5.91 Å². The molecule has 1 unspecified atom stereocenters. The molecule has 1 aliphatic rings. The summed E-state index contributed by atoms with van der Waals surface area (Å²) < 4.78 is 0. The molecule has 102 valence electrons. The molecule has 0 aliphatic carbocycles. The standard InChI is InChI=1S/C13H15ClN2O3/c14-9-3-4-11(17)10(6-9)13(19)16-5-1-2-8(7-16)12(15)18/h3-4,6,8,17H,1-2,5,7H2,(H2,15,18). The normalized spacial score (nSPS) is 19.2. The number of phenols is 1. The van der Waals surface area contributed by atoms with Crippen LogP contribution in [0, 0.1) is 5.92 Å². The van der Waals surface area contributed by atoms with Crippen LogP contribution < -0.4 is 5.73 Å². The van der Waals surface area contributed by atoms with Crippen LogP contribution in [0.4, 0.5) is 0 Å². The van der Waals surface area contributed by atoms with Crippen molar-refractivity contribution in [3.8, 4) is 5.75 Å². The molecule has 1 fully saturated rings. The highest BCUT2D eigenvalue weighted by molar-refractivity contribution is 6.31. The molecule has 6 heteroatoms. The SMILES string of the molecule is NC(=O)C1CCCN(C(=O)c2cc(Cl)ccc2O)C1. The second kappa shape index (κ2) is 5.48. The van der Waals surface area contributed by atoms with E-state index < -0.39 is 5.91 Å². The minimum absolute atomic E-state index is 0.115. The highest BCUT2D eigenvalue weighted by Gasteiger charge is 2.28. The third-order valence-electron chi connectivity index (χ3n) is 3.30. The van der Waals surface area contributed by atoms with Gasteiger partial charge in [-0.3, -0.25) is 9.59 Å². The van der Waals surface area contributed by atoms with Gasteiger partial charge in [-0.05, 0) is 31.0 Å². The number of carbonyl (C=O) groups excluding carboxylic acids is 2. The molecule has 0 bridgehead atoms. The van der Waals surface area contributed by atoms with Crippen molar-refractivity contribution >= 4 is 23.4 Å². The number of rotatable bonds is 2. The summed E-state index contributed by atoms with van der Waals surface area (Å²) in [7, 11) is 0. The number of hydrogen-bond donors (Lipinski definition) is 2. The summed E-state index contributed by atoms with van der Waals surface area (Å²) in [4.78, 5) is 25.0. The van der Waals surface area contributed by atoms with Gasteiger partial charge in [-0.2, -0.15) is 0 Å². The second-order valence-corrected chi connectivity index (χ2v) is 5.09. The molecular weight excluding hydrogens is 268 g/mol. The maximum atomic E-state index is 12.3. The van der Waals surface area contributed by atoms with Gasteiger partial charge in [0, 0.05) is 18.1 Å².